The lowest BCUT2D eigenvalue weighted by atomic mass is 9.96. The first kappa shape index (κ1) is 15.0. The minimum Gasteiger partial charge on any atom is -0.378 e. The molecule has 1 aromatic carbocycles. The number of carbonyl (C=O) groups excluding carboxylic acids is 1. The molecule has 110 valence electrons. The third-order valence-corrected chi connectivity index (χ3v) is 4.04. The van der Waals surface area contributed by atoms with Crippen molar-refractivity contribution in [2.24, 2.45) is 11.7 Å². The van der Waals surface area contributed by atoms with Crippen molar-refractivity contribution in [1.82, 2.24) is 5.32 Å². The number of hydrogen-bond acceptors (Lipinski definition) is 3. The minimum atomic E-state index is -0.265. The quantitative estimate of drug-likeness (QED) is 0.830. The van der Waals surface area contributed by atoms with E-state index in [0.717, 1.165) is 25.0 Å². The van der Waals surface area contributed by atoms with Gasteiger partial charge in [-0.15, -0.1) is 0 Å². The maximum atomic E-state index is 12.3. The molecule has 2 rings (SSSR count). The number of nitrogens with two attached hydrogens (primary N) is 1. The lowest BCUT2D eigenvalue weighted by Gasteiger charge is -2.20. The molecule has 1 saturated heterocycles. The predicted molar refractivity (Wildman–Crippen MR) is 79.4 cm³/mol. The van der Waals surface area contributed by atoms with Crippen molar-refractivity contribution in [2.45, 2.75) is 31.8 Å². The van der Waals surface area contributed by atoms with E-state index < -0.39 is 0 Å². The topological polar surface area (TPSA) is 64.3 Å². The molecule has 0 bridgehead atoms. The monoisotopic (exact) mass is 276 g/mol. The molecule has 4 nitrogen and oxygen atoms in total. The number of hydrogen-bond donors (Lipinski definition) is 2. The maximum Gasteiger partial charge on any atom is 0.228 e. The standard InChI is InChI=1S/C16H24N2O2/c1-2-15-13(8-9-20-15)11-18-16(19)14(10-17)12-6-4-3-5-7-12/h3-7,13-15H,2,8-11,17H2,1H3,(H,18,19). The second-order valence-electron chi connectivity index (χ2n) is 5.31. The van der Waals surface area contributed by atoms with Crippen molar-refractivity contribution in [1.29, 1.82) is 0 Å². The zero-order valence-corrected chi connectivity index (χ0v) is 12.0. The van der Waals surface area contributed by atoms with Gasteiger partial charge in [0.05, 0.1) is 12.0 Å². The number of carbonyl (C=O) groups is 1. The van der Waals surface area contributed by atoms with E-state index in [2.05, 4.69) is 12.2 Å². The first-order chi connectivity index (χ1) is 9.76. The van der Waals surface area contributed by atoms with Crippen LogP contribution in [-0.2, 0) is 9.53 Å². The third kappa shape index (κ3) is 3.58. The smallest absolute Gasteiger partial charge is 0.228 e. The van der Waals surface area contributed by atoms with Gasteiger partial charge in [-0.05, 0) is 18.4 Å². The molecule has 3 atom stereocenters. The van der Waals surface area contributed by atoms with Gasteiger partial charge in [0.2, 0.25) is 5.91 Å². The van der Waals surface area contributed by atoms with Crippen LogP contribution >= 0.6 is 0 Å². The van der Waals surface area contributed by atoms with E-state index in [1.165, 1.54) is 0 Å². The second kappa shape index (κ2) is 7.41. The molecule has 4 heteroatoms. The molecule has 3 N–H and O–H groups in total. The summed E-state index contributed by atoms with van der Waals surface area (Å²) in [5.74, 6) is 0.178. The van der Waals surface area contributed by atoms with Crippen LogP contribution < -0.4 is 11.1 Å². The zero-order valence-electron chi connectivity index (χ0n) is 12.0. The Labute approximate surface area is 120 Å². The number of benzene rings is 1. The van der Waals surface area contributed by atoms with Crippen LogP contribution in [0.4, 0.5) is 0 Å². The Hall–Kier alpha value is -1.39. The Morgan fingerprint density at radius 1 is 1.45 bits per heavy atom. The van der Waals surface area contributed by atoms with Gasteiger partial charge in [0, 0.05) is 25.6 Å². The molecular formula is C16H24N2O2. The largest absolute Gasteiger partial charge is 0.378 e. The van der Waals surface area contributed by atoms with Gasteiger partial charge in [-0.1, -0.05) is 37.3 Å². The summed E-state index contributed by atoms with van der Waals surface area (Å²) in [6.07, 6.45) is 2.31. The average Bonchev–Trinajstić information content (AvgIpc) is 2.94. The van der Waals surface area contributed by atoms with E-state index >= 15 is 0 Å². The van der Waals surface area contributed by atoms with E-state index in [0.29, 0.717) is 19.0 Å². The molecule has 20 heavy (non-hydrogen) atoms. The lowest BCUT2D eigenvalue weighted by Crippen LogP contribution is -2.38. The highest BCUT2D eigenvalue weighted by atomic mass is 16.5. The van der Waals surface area contributed by atoms with Gasteiger partial charge in [-0.3, -0.25) is 4.79 Å². The molecule has 1 aliphatic heterocycles. The van der Waals surface area contributed by atoms with E-state index in [-0.39, 0.29) is 17.9 Å². The van der Waals surface area contributed by atoms with Gasteiger partial charge in [-0.2, -0.15) is 0 Å². The predicted octanol–water partition coefficient (Wildman–Crippen LogP) is 1.66. The Bertz CT molecular complexity index is 422. The van der Waals surface area contributed by atoms with E-state index in [1.54, 1.807) is 0 Å². The molecule has 0 aromatic heterocycles. The molecular weight excluding hydrogens is 252 g/mol. The van der Waals surface area contributed by atoms with E-state index in [1.807, 2.05) is 30.3 Å². The number of nitrogens with one attached hydrogen (secondary N) is 1. The van der Waals surface area contributed by atoms with Gasteiger partial charge >= 0.3 is 0 Å². The molecule has 1 aromatic rings. The first-order valence-corrected chi connectivity index (χ1v) is 7.40. The molecule has 0 radical (unpaired) electrons. The highest BCUT2D eigenvalue weighted by molar-refractivity contribution is 5.83. The zero-order chi connectivity index (χ0) is 14.4. The van der Waals surface area contributed by atoms with Crippen molar-refractivity contribution in [2.75, 3.05) is 19.7 Å². The Morgan fingerprint density at radius 2 is 2.20 bits per heavy atom. The molecule has 3 unspecified atom stereocenters. The first-order valence-electron chi connectivity index (χ1n) is 7.40. The summed E-state index contributed by atoms with van der Waals surface area (Å²) in [4.78, 5) is 12.3. The molecule has 1 aliphatic rings. The van der Waals surface area contributed by atoms with E-state index in [9.17, 15) is 4.79 Å². The van der Waals surface area contributed by atoms with Gasteiger partial charge in [0.15, 0.2) is 0 Å². The highest BCUT2D eigenvalue weighted by Gasteiger charge is 2.28. The fraction of sp³-hybridized carbons (Fsp3) is 0.562. The Balaban J connectivity index is 1.90. The fourth-order valence-corrected chi connectivity index (χ4v) is 2.81. The summed E-state index contributed by atoms with van der Waals surface area (Å²) >= 11 is 0. The molecule has 1 heterocycles. The van der Waals surface area contributed by atoms with Crippen molar-refractivity contribution < 1.29 is 9.53 Å². The van der Waals surface area contributed by atoms with E-state index in [4.69, 9.17) is 10.5 Å². The summed E-state index contributed by atoms with van der Waals surface area (Å²) in [6, 6.07) is 9.71. The summed E-state index contributed by atoms with van der Waals surface area (Å²) in [7, 11) is 0. The van der Waals surface area contributed by atoms with Gasteiger partial charge in [0.25, 0.3) is 0 Å². The molecule has 0 spiro atoms. The minimum absolute atomic E-state index is 0.0143. The van der Waals surface area contributed by atoms with Crippen LogP contribution in [0, 0.1) is 5.92 Å². The van der Waals surface area contributed by atoms with Crippen LogP contribution in [0.1, 0.15) is 31.2 Å². The molecule has 1 amide bonds. The second-order valence-corrected chi connectivity index (χ2v) is 5.31. The van der Waals surface area contributed by atoms with Crippen molar-refractivity contribution in [3.05, 3.63) is 35.9 Å². The number of ether oxygens (including phenoxy) is 1. The number of rotatable bonds is 6. The normalized spacial score (nSPS) is 23.5. The van der Waals surface area contributed by atoms with Gasteiger partial charge in [-0.25, -0.2) is 0 Å². The Kier molecular flexibility index (Phi) is 5.56. The SMILES string of the molecule is CCC1OCCC1CNC(=O)C(CN)c1ccccc1. The number of amides is 1. The molecule has 0 aliphatic carbocycles. The average molecular weight is 276 g/mol. The summed E-state index contributed by atoms with van der Waals surface area (Å²) < 4.78 is 5.64. The molecule has 0 saturated carbocycles. The molecule has 1 fully saturated rings. The fourth-order valence-electron chi connectivity index (χ4n) is 2.81. The third-order valence-electron chi connectivity index (χ3n) is 4.04. The summed E-state index contributed by atoms with van der Waals surface area (Å²) in [5, 5.41) is 3.04. The van der Waals surface area contributed by atoms with Gasteiger partial charge in [0.1, 0.15) is 0 Å². The van der Waals surface area contributed by atoms with Crippen molar-refractivity contribution in [3.63, 3.8) is 0 Å². The van der Waals surface area contributed by atoms with Crippen molar-refractivity contribution in [3.8, 4) is 0 Å². The van der Waals surface area contributed by atoms with Crippen LogP contribution in [-0.4, -0.2) is 31.7 Å². The Morgan fingerprint density at radius 3 is 2.85 bits per heavy atom. The maximum absolute atomic E-state index is 12.3. The summed E-state index contributed by atoms with van der Waals surface area (Å²) in [5.41, 5.74) is 6.73. The lowest BCUT2D eigenvalue weighted by molar-refractivity contribution is -0.122. The van der Waals surface area contributed by atoms with Crippen molar-refractivity contribution >= 4 is 5.91 Å². The van der Waals surface area contributed by atoms with Gasteiger partial charge < -0.3 is 15.8 Å². The summed E-state index contributed by atoms with van der Waals surface area (Å²) in [6.45, 7) is 3.93. The van der Waals surface area contributed by atoms with Crippen LogP contribution in [0.5, 0.6) is 0 Å². The van der Waals surface area contributed by atoms with Crippen LogP contribution in [0.15, 0.2) is 30.3 Å². The highest BCUT2D eigenvalue weighted by Crippen LogP contribution is 2.23. The van der Waals surface area contributed by atoms with Crippen LogP contribution in [0.2, 0.25) is 0 Å². The van der Waals surface area contributed by atoms with Crippen LogP contribution in [0.3, 0.4) is 0 Å². The van der Waals surface area contributed by atoms with Crippen LogP contribution in [0.25, 0.3) is 0 Å².